The maximum atomic E-state index is 5.78. The second kappa shape index (κ2) is 6.13. The van der Waals surface area contributed by atoms with Crippen LogP contribution in [0.5, 0.6) is 11.5 Å². The Balaban J connectivity index is 1.64. The topological polar surface area (TPSA) is 61.2 Å². The lowest BCUT2D eigenvalue weighted by Crippen LogP contribution is -2.15. The number of rotatable bonds is 7. The smallest absolute Gasteiger partial charge is 0.170 e. The summed E-state index contributed by atoms with van der Waals surface area (Å²) in [6.45, 7) is 1.23. The number of aryl methyl sites for hydroxylation is 1. The van der Waals surface area contributed by atoms with Crippen molar-refractivity contribution in [3.63, 3.8) is 0 Å². The van der Waals surface area contributed by atoms with E-state index in [4.69, 9.17) is 9.47 Å². The standard InChI is InChI=1S/C15H20N4O2/c1-19-10-17-18-15(19)9-21-13-6-3-11(7-14(13)20-2)8-16-12-4-5-12/h3,6-7,10,12,16H,4-5,8-9H2,1-2H3. The Kier molecular flexibility index (Phi) is 4.06. The molecule has 1 aromatic carbocycles. The van der Waals surface area contributed by atoms with Crippen LogP contribution in [-0.2, 0) is 20.2 Å². The van der Waals surface area contributed by atoms with Gasteiger partial charge in [0.25, 0.3) is 0 Å². The van der Waals surface area contributed by atoms with Crippen LogP contribution in [0.4, 0.5) is 0 Å². The quantitative estimate of drug-likeness (QED) is 0.839. The second-order valence-electron chi connectivity index (χ2n) is 5.29. The lowest BCUT2D eigenvalue weighted by molar-refractivity contribution is 0.272. The van der Waals surface area contributed by atoms with Gasteiger partial charge < -0.3 is 19.4 Å². The SMILES string of the molecule is COc1cc(CNC2CC2)ccc1OCc1nncn1C. The van der Waals surface area contributed by atoms with Gasteiger partial charge in [0.05, 0.1) is 7.11 Å². The summed E-state index contributed by atoms with van der Waals surface area (Å²) in [7, 11) is 3.55. The third kappa shape index (κ3) is 3.52. The van der Waals surface area contributed by atoms with Crippen LogP contribution >= 0.6 is 0 Å². The lowest BCUT2D eigenvalue weighted by Gasteiger charge is -2.12. The van der Waals surface area contributed by atoms with Gasteiger partial charge in [0.1, 0.15) is 12.9 Å². The second-order valence-corrected chi connectivity index (χ2v) is 5.29. The lowest BCUT2D eigenvalue weighted by atomic mass is 10.2. The normalized spacial score (nSPS) is 14.2. The van der Waals surface area contributed by atoms with E-state index in [9.17, 15) is 0 Å². The van der Waals surface area contributed by atoms with Gasteiger partial charge in [-0.3, -0.25) is 0 Å². The highest BCUT2D eigenvalue weighted by Crippen LogP contribution is 2.29. The molecule has 0 spiro atoms. The summed E-state index contributed by atoms with van der Waals surface area (Å²) in [6, 6.07) is 6.72. The Labute approximate surface area is 124 Å². The number of nitrogens with one attached hydrogen (secondary N) is 1. The van der Waals surface area contributed by atoms with E-state index in [1.807, 2.05) is 23.7 Å². The third-order valence-corrected chi connectivity index (χ3v) is 3.56. The summed E-state index contributed by atoms with van der Waals surface area (Å²) >= 11 is 0. The average molecular weight is 288 g/mol. The first-order valence-corrected chi connectivity index (χ1v) is 7.12. The van der Waals surface area contributed by atoms with Gasteiger partial charge in [0, 0.05) is 19.6 Å². The zero-order valence-corrected chi connectivity index (χ0v) is 12.4. The molecule has 0 bridgehead atoms. The molecular weight excluding hydrogens is 268 g/mol. The zero-order valence-electron chi connectivity index (χ0n) is 12.4. The van der Waals surface area contributed by atoms with Crippen molar-refractivity contribution >= 4 is 0 Å². The van der Waals surface area contributed by atoms with Crippen molar-refractivity contribution in [3.8, 4) is 11.5 Å². The van der Waals surface area contributed by atoms with Gasteiger partial charge in [-0.05, 0) is 30.5 Å². The van der Waals surface area contributed by atoms with E-state index in [0.717, 1.165) is 23.9 Å². The molecule has 1 saturated carbocycles. The molecule has 0 radical (unpaired) electrons. The molecule has 1 N–H and O–H groups in total. The summed E-state index contributed by atoms with van der Waals surface area (Å²) in [5.41, 5.74) is 1.20. The van der Waals surface area contributed by atoms with Crippen molar-refractivity contribution in [1.82, 2.24) is 20.1 Å². The van der Waals surface area contributed by atoms with Crippen LogP contribution < -0.4 is 14.8 Å². The number of aromatic nitrogens is 3. The number of benzene rings is 1. The first-order valence-electron chi connectivity index (χ1n) is 7.12. The maximum Gasteiger partial charge on any atom is 0.170 e. The van der Waals surface area contributed by atoms with E-state index in [1.54, 1.807) is 13.4 Å². The molecule has 6 nitrogen and oxygen atoms in total. The summed E-state index contributed by atoms with van der Waals surface area (Å²) in [5.74, 6) is 2.24. The number of ether oxygens (including phenoxy) is 2. The number of hydrogen-bond acceptors (Lipinski definition) is 5. The van der Waals surface area contributed by atoms with Gasteiger partial charge in [0.2, 0.25) is 0 Å². The molecule has 1 heterocycles. The van der Waals surface area contributed by atoms with E-state index in [2.05, 4.69) is 21.6 Å². The van der Waals surface area contributed by atoms with Crippen molar-refractivity contribution in [3.05, 3.63) is 35.9 Å². The summed E-state index contributed by atoms with van der Waals surface area (Å²) in [6.07, 6.45) is 4.23. The van der Waals surface area contributed by atoms with Gasteiger partial charge in [0.15, 0.2) is 17.3 Å². The number of methoxy groups -OCH3 is 1. The van der Waals surface area contributed by atoms with Crippen LogP contribution in [0, 0.1) is 0 Å². The molecule has 1 aliphatic rings. The van der Waals surface area contributed by atoms with E-state index in [1.165, 1.54) is 18.4 Å². The van der Waals surface area contributed by atoms with Gasteiger partial charge in [-0.15, -0.1) is 10.2 Å². The minimum atomic E-state index is 0.368. The molecule has 1 aliphatic carbocycles. The predicted molar refractivity (Wildman–Crippen MR) is 78.2 cm³/mol. The van der Waals surface area contributed by atoms with Crippen LogP contribution in [0.2, 0.25) is 0 Å². The molecule has 0 saturated heterocycles. The fourth-order valence-corrected chi connectivity index (χ4v) is 2.07. The summed E-state index contributed by atoms with van der Waals surface area (Å²) in [5, 5.41) is 11.3. The Morgan fingerprint density at radius 1 is 1.33 bits per heavy atom. The van der Waals surface area contributed by atoms with Crippen molar-refractivity contribution in [2.45, 2.75) is 32.0 Å². The highest BCUT2D eigenvalue weighted by Gasteiger charge is 2.20. The highest BCUT2D eigenvalue weighted by atomic mass is 16.5. The first kappa shape index (κ1) is 13.9. The first-order chi connectivity index (χ1) is 10.3. The average Bonchev–Trinajstić information content (AvgIpc) is 3.25. The Morgan fingerprint density at radius 3 is 2.86 bits per heavy atom. The fourth-order valence-electron chi connectivity index (χ4n) is 2.07. The van der Waals surface area contributed by atoms with Gasteiger partial charge in [-0.1, -0.05) is 6.07 Å². The maximum absolute atomic E-state index is 5.78. The molecule has 6 heteroatoms. The molecule has 0 atom stereocenters. The molecule has 0 amide bonds. The monoisotopic (exact) mass is 288 g/mol. The zero-order chi connectivity index (χ0) is 14.7. The van der Waals surface area contributed by atoms with Crippen LogP contribution in [0.1, 0.15) is 24.2 Å². The fraction of sp³-hybridized carbons (Fsp3) is 0.467. The molecule has 21 heavy (non-hydrogen) atoms. The highest BCUT2D eigenvalue weighted by molar-refractivity contribution is 5.43. The Hall–Kier alpha value is -2.08. The van der Waals surface area contributed by atoms with E-state index in [-0.39, 0.29) is 0 Å². The summed E-state index contributed by atoms with van der Waals surface area (Å²) in [4.78, 5) is 0. The molecule has 1 fully saturated rings. The largest absolute Gasteiger partial charge is 0.493 e. The number of hydrogen-bond donors (Lipinski definition) is 1. The number of nitrogens with zero attached hydrogens (tertiary/aromatic N) is 3. The minimum Gasteiger partial charge on any atom is -0.493 e. The molecular formula is C15H20N4O2. The van der Waals surface area contributed by atoms with Crippen molar-refractivity contribution in [1.29, 1.82) is 0 Å². The van der Waals surface area contributed by atoms with Gasteiger partial charge in [-0.2, -0.15) is 0 Å². The Morgan fingerprint density at radius 2 is 2.19 bits per heavy atom. The van der Waals surface area contributed by atoms with Crippen molar-refractivity contribution in [2.75, 3.05) is 7.11 Å². The molecule has 3 rings (SSSR count). The minimum absolute atomic E-state index is 0.368. The van der Waals surface area contributed by atoms with Crippen molar-refractivity contribution in [2.24, 2.45) is 7.05 Å². The van der Waals surface area contributed by atoms with Crippen molar-refractivity contribution < 1.29 is 9.47 Å². The predicted octanol–water partition coefficient (Wildman–Crippen LogP) is 1.65. The van der Waals surface area contributed by atoms with Crippen LogP contribution in [-0.4, -0.2) is 27.9 Å². The van der Waals surface area contributed by atoms with Gasteiger partial charge >= 0.3 is 0 Å². The molecule has 1 aromatic heterocycles. The van der Waals surface area contributed by atoms with E-state index in [0.29, 0.717) is 12.6 Å². The van der Waals surface area contributed by atoms with E-state index >= 15 is 0 Å². The molecule has 112 valence electrons. The van der Waals surface area contributed by atoms with Gasteiger partial charge in [-0.25, -0.2) is 0 Å². The van der Waals surface area contributed by atoms with E-state index < -0.39 is 0 Å². The van der Waals surface area contributed by atoms with Crippen LogP contribution in [0.3, 0.4) is 0 Å². The Bertz CT molecular complexity index is 607. The molecule has 2 aromatic rings. The van der Waals surface area contributed by atoms with Crippen LogP contribution in [0.15, 0.2) is 24.5 Å². The molecule has 0 aliphatic heterocycles. The third-order valence-electron chi connectivity index (χ3n) is 3.56. The van der Waals surface area contributed by atoms with Crippen LogP contribution in [0.25, 0.3) is 0 Å². The summed E-state index contributed by atoms with van der Waals surface area (Å²) < 4.78 is 13.0. The molecule has 0 unspecified atom stereocenters.